The Morgan fingerprint density at radius 3 is 2.62 bits per heavy atom. The standard InChI is InChI=1S/C14H15ClN2O3S/c1-2-20-11-6-3-5-10(9-11)17-21(18,19)14-12(15)7-4-8-13(14)16/h3-9,17H,2,16H2,1H3. The number of hydrogen-bond acceptors (Lipinski definition) is 4. The van der Waals surface area contributed by atoms with E-state index in [2.05, 4.69) is 4.72 Å². The van der Waals surface area contributed by atoms with Gasteiger partial charge < -0.3 is 10.5 Å². The molecule has 0 spiro atoms. The summed E-state index contributed by atoms with van der Waals surface area (Å²) in [5.41, 5.74) is 6.18. The van der Waals surface area contributed by atoms with Crippen molar-refractivity contribution in [1.82, 2.24) is 0 Å². The number of nitrogens with one attached hydrogen (secondary N) is 1. The normalized spacial score (nSPS) is 11.1. The monoisotopic (exact) mass is 326 g/mol. The summed E-state index contributed by atoms with van der Waals surface area (Å²) in [4.78, 5) is -0.131. The lowest BCUT2D eigenvalue weighted by molar-refractivity contribution is 0.340. The van der Waals surface area contributed by atoms with Crippen molar-refractivity contribution in [2.75, 3.05) is 17.1 Å². The van der Waals surface area contributed by atoms with Crippen LogP contribution in [0.5, 0.6) is 5.75 Å². The quantitative estimate of drug-likeness (QED) is 0.827. The van der Waals surface area contributed by atoms with Crippen molar-refractivity contribution < 1.29 is 13.2 Å². The van der Waals surface area contributed by atoms with Gasteiger partial charge in [0.05, 0.1) is 23.0 Å². The van der Waals surface area contributed by atoms with Gasteiger partial charge in [-0.3, -0.25) is 4.72 Å². The number of anilines is 2. The molecule has 2 aromatic carbocycles. The third kappa shape index (κ3) is 3.59. The van der Waals surface area contributed by atoms with Crippen LogP contribution in [0, 0.1) is 0 Å². The number of nitrogen functional groups attached to an aromatic ring is 1. The van der Waals surface area contributed by atoms with Gasteiger partial charge in [0.25, 0.3) is 10.0 Å². The Balaban J connectivity index is 2.36. The van der Waals surface area contributed by atoms with Crippen molar-refractivity contribution >= 4 is 33.0 Å². The zero-order valence-corrected chi connectivity index (χ0v) is 12.9. The number of benzene rings is 2. The number of rotatable bonds is 5. The predicted octanol–water partition coefficient (Wildman–Crippen LogP) is 3.12. The molecule has 0 aliphatic carbocycles. The number of nitrogens with two attached hydrogens (primary N) is 1. The highest BCUT2D eigenvalue weighted by Crippen LogP contribution is 2.29. The lowest BCUT2D eigenvalue weighted by atomic mass is 10.3. The fourth-order valence-corrected chi connectivity index (χ4v) is 3.56. The van der Waals surface area contributed by atoms with E-state index in [0.717, 1.165) is 0 Å². The van der Waals surface area contributed by atoms with Gasteiger partial charge in [-0.1, -0.05) is 23.7 Å². The summed E-state index contributed by atoms with van der Waals surface area (Å²) >= 11 is 5.94. The van der Waals surface area contributed by atoms with Gasteiger partial charge in [0, 0.05) is 6.07 Å². The maximum absolute atomic E-state index is 12.4. The van der Waals surface area contributed by atoms with Crippen LogP contribution in [-0.2, 0) is 10.0 Å². The van der Waals surface area contributed by atoms with Crippen LogP contribution >= 0.6 is 11.6 Å². The third-order valence-electron chi connectivity index (χ3n) is 2.66. The summed E-state index contributed by atoms with van der Waals surface area (Å²) in [6.45, 7) is 2.34. The molecule has 0 aromatic heterocycles. The molecule has 3 N–H and O–H groups in total. The summed E-state index contributed by atoms with van der Waals surface area (Å²) < 4.78 is 32.6. The van der Waals surface area contributed by atoms with Crippen LogP contribution < -0.4 is 15.2 Å². The number of sulfonamides is 1. The molecule has 112 valence electrons. The van der Waals surface area contributed by atoms with E-state index in [9.17, 15) is 8.42 Å². The lowest BCUT2D eigenvalue weighted by Gasteiger charge is -2.12. The molecule has 2 rings (SSSR count). The number of ether oxygens (including phenoxy) is 1. The zero-order valence-electron chi connectivity index (χ0n) is 11.3. The van der Waals surface area contributed by atoms with E-state index in [0.29, 0.717) is 18.0 Å². The predicted molar refractivity (Wildman–Crippen MR) is 84.3 cm³/mol. The molecular weight excluding hydrogens is 312 g/mol. The fraction of sp³-hybridized carbons (Fsp3) is 0.143. The highest BCUT2D eigenvalue weighted by molar-refractivity contribution is 7.93. The molecule has 0 saturated carbocycles. The fourth-order valence-electron chi connectivity index (χ4n) is 1.83. The maximum atomic E-state index is 12.4. The van der Waals surface area contributed by atoms with Gasteiger partial charge in [0.1, 0.15) is 10.6 Å². The topological polar surface area (TPSA) is 81.4 Å². The van der Waals surface area contributed by atoms with Crippen LogP contribution in [0.15, 0.2) is 47.4 Å². The molecular formula is C14H15ClN2O3S. The van der Waals surface area contributed by atoms with Crippen molar-refractivity contribution in [1.29, 1.82) is 0 Å². The average Bonchev–Trinajstić information content (AvgIpc) is 2.38. The van der Waals surface area contributed by atoms with E-state index in [1.807, 2.05) is 6.92 Å². The van der Waals surface area contributed by atoms with Gasteiger partial charge in [0.15, 0.2) is 0 Å². The van der Waals surface area contributed by atoms with E-state index in [1.54, 1.807) is 30.3 Å². The molecule has 0 heterocycles. The van der Waals surface area contributed by atoms with Gasteiger partial charge >= 0.3 is 0 Å². The van der Waals surface area contributed by atoms with Crippen molar-refractivity contribution in [3.8, 4) is 5.75 Å². The molecule has 0 fully saturated rings. The summed E-state index contributed by atoms with van der Waals surface area (Å²) in [6, 6.07) is 11.2. The van der Waals surface area contributed by atoms with Crippen LogP contribution in [0.4, 0.5) is 11.4 Å². The molecule has 0 amide bonds. The lowest BCUT2D eigenvalue weighted by Crippen LogP contribution is -2.15. The van der Waals surface area contributed by atoms with Gasteiger partial charge in [-0.2, -0.15) is 0 Å². The average molecular weight is 327 g/mol. The van der Waals surface area contributed by atoms with Gasteiger partial charge in [-0.15, -0.1) is 0 Å². The first-order chi connectivity index (χ1) is 9.94. The molecule has 0 radical (unpaired) electrons. The summed E-state index contributed by atoms with van der Waals surface area (Å²) in [6.07, 6.45) is 0. The largest absolute Gasteiger partial charge is 0.494 e. The Morgan fingerprint density at radius 1 is 1.24 bits per heavy atom. The first kappa shape index (κ1) is 15.5. The minimum absolute atomic E-state index is 0.0727. The Labute approximate surface area is 128 Å². The molecule has 7 heteroatoms. The van der Waals surface area contributed by atoms with Crippen molar-refractivity contribution in [3.63, 3.8) is 0 Å². The second-order valence-electron chi connectivity index (χ2n) is 4.22. The highest BCUT2D eigenvalue weighted by atomic mass is 35.5. The molecule has 2 aromatic rings. The van der Waals surface area contributed by atoms with Crippen molar-refractivity contribution in [2.24, 2.45) is 0 Å². The Bertz CT molecular complexity index is 727. The zero-order chi connectivity index (χ0) is 15.5. The van der Waals surface area contributed by atoms with E-state index in [1.165, 1.54) is 12.1 Å². The number of hydrogen-bond donors (Lipinski definition) is 2. The maximum Gasteiger partial charge on any atom is 0.265 e. The van der Waals surface area contributed by atoms with E-state index in [-0.39, 0.29) is 15.6 Å². The summed E-state index contributed by atoms with van der Waals surface area (Å²) in [5, 5.41) is 0.0727. The minimum atomic E-state index is -3.87. The second-order valence-corrected chi connectivity index (χ2v) is 6.25. The Hall–Kier alpha value is -1.92. The van der Waals surface area contributed by atoms with Crippen molar-refractivity contribution in [2.45, 2.75) is 11.8 Å². The number of halogens is 1. The van der Waals surface area contributed by atoms with Crippen LogP contribution in [-0.4, -0.2) is 15.0 Å². The van der Waals surface area contributed by atoms with Crippen molar-refractivity contribution in [3.05, 3.63) is 47.5 Å². The molecule has 5 nitrogen and oxygen atoms in total. The summed E-state index contributed by atoms with van der Waals surface area (Å²) in [5.74, 6) is 0.574. The minimum Gasteiger partial charge on any atom is -0.494 e. The molecule has 0 saturated heterocycles. The molecule has 21 heavy (non-hydrogen) atoms. The molecule has 0 atom stereocenters. The Morgan fingerprint density at radius 2 is 1.95 bits per heavy atom. The van der Waals surface area contributed by atoms with Crippen LogP contribution in [0.3, 0.4) is 0 Å². The molecule has 0 aliphatic rings. The molecule has 0 aliphatic heterocycles. The smallest absolute Gasteiger partial charge is 0.265 e. The van der Waals surface area contributed by atoms with Gasteiger partial charge in [-0.05, 0) is 31.2 Å². The summed E-state index contributed by atoms with van der Waals surface area (Å²) in [7, 11) is -3.87. The second kappa shape index (κ2) is 6.24. The molecule has 0 bridgehead atoms. The molecule has 0 unspecified atom stereocenters. The third-order valence-corrected chi connectivity index (χ3v) is 4.59. The Kier molecular flexibility index (Phi) is 4.59. The first-order valence-corrected chi connectivity index (χ1v) is 8.10. The van der Waals surface area contributed by atoms with Crippen LogP contribution in [0.25, 0.3) is 0 Å². The van der Waals surface area contributed by atoms with Crippen LogP contribution in [0.2, 0.25) is 5.02 Å². The first-order valence-electron chi connectivity index (χ1n) is 6.23. The van der Waals surface area contributed by atoms with Gasteiger partial charge in [-0.25, -0.2) is 8.42 Å². The van der Waals surface area contributed by atoms with E-state index in [4.69, 9.17) is 22.1 Å². The van der Waals surface area contributed by atoms with E-state index >= 15 is 0 Å². The van der Waals surface area contributed by atoms with Gasteiger partial charge in [0.2, 0.25) is 0 Å². The van der Waals surface area contributed by atoms with Crippen LogP contribution in [0.1, 0.15) is 6.92 Å². The SMILES string of the molecule is CCOc1cccc(NS(=O)(=O)c2c(N)cccc2Cl)c1. The highest BCUT2D eigenvalue weighted by Gasteiger charge is 2.21. The van der Waals surface area contributed by atoms with E-state index < -0.39 is 10.0 Å².